The summed E-state index contributed by atoms with van der Waals surface area (Å²) in [7, 11) is 1.83. The standard InChI is InChI=1S/C12H20N4O/c1-8-4-5-13-6-11(8)14-12(17)10-7-16(3)15-9(10)2/h7-8,11,13H,4-6H2,1-3H3,(H,14,17). The second-order valence-electron chi connectivity index (χ2n) is 4.85. The van der Waals surface area contributed by atoms with Crippen molar-refractivity contribution in [2.24, 2.45) is 13.0 Å². The van der Waals surface area contributed by atoms with E-state index in [1.807, 2.05) is 14.0 Å². The van der Waals surface area contributed by atoms with Crippen LogP contribution in [0.25, 0.3) is 0 Å². The Bertz CT molecular complexity index is 413. The summed E-state index contributed by atoms with van der Waals surface area (Å²) in [6.07, 6.45) is 2.88. The molecule has 1 aromatic rings. The number of carbonyl (C=O) groups excluding carboxylic acids is 1. The third-order valence-corrected chi connectivity index (χ3v) is 3.40. The summed E-state index contributed by atoms with van der Waals surface area (Å²) in [4.78, 5) is 12.1. The Morgan fingerprint density at radius 3 is 3.00 bits per heavy atom. The average molecular weight is 236 g/mol. The van der Waals surface area contributed by atoms with E-state index >= 15 is 0 Å². The van der Waals surface area contributed by atoms with Crippen LogP contribution in [0, 0.1) is 12.8 Å². The van der Waals surface area contributed by atoms with Crippen molar-refractivity contribution >= 4 is 5.91 Å². The molecule has 0 aliphatic carbocycles. The van der Waals surface area contributed by atoms with Gasteiger partial charge in [0.25, 0.3) is 5.91 Å². The van der Waals surface area contributed by atoms with Gasteiger partial charge in [-0.2, -0.15) is 5.10 Å². The van der Waals surface area contributed by atoms with Crippen molar-refractivity contribution in [2.45, 2.75) is 26.3 Å². The van der Waals surface area contributed by atoms with Crippen molar-refractivity contribution in [3.8, 4) is 0 Å². The highest BCUT2D eigenvalue weighted by atomic mass is 16.1. The molecule has 94 valence electrons. The Hall–Kier alpha value is -1.36. The molecule has 1 aliphatic rings. The Balaban J connectivity index is 2.03. The van der Waals surface area contributed by atoms with Crippen molar-refractivity contribution < 1.29 is 4.79 Å². The molecule has 1 aromatic heterocycles. The lowest BCUT2D eigenvalue weighted by Crippen LogP contribution is -2.50. The molecule has 0 saturated carbocycles. The van der Waals surface area contributed by atoms with Gasteiger partial charge in [-0.3, -0.25) is 9.48 Å². The van der Waals surface area contributed by atoms with E-state index in [1.54, 1.807) is 10.9 Å². The molecule has 1 aliphatic heterocycles. The first kappa shape index (κ1) is 12.1. The van der Waals surface area contributed by atoms with E-state index in [0.29, 0.717) is 11.5 Å². The van der Waals surface area contributed by atoms with Gasteiger partial charge in [-0.1, -0.05) is 6.92 Å². The van der Waals surface area contributed by atoms with Crippen LogP contribution in [0.4, 0.5) is 0 Å². The highest BCUT2D eigenvalue weighted by Crippen LogP contribution is 2.12. The molecule has 2 rings (SSSR count). The van der Waals surface area contributed by atoms with Gasteiger partial charge in [-0.05, 0) is 25.8 Å². The number of hydrogen-bond donors (Lipinski definition) is 2. The normalized spacial score (nSPS) is 24.6. The third kappa shape index (κ3) is 2.66. The lowest BCUT2D eigenvalue weighted by atomic mass is 9.94. The lowest BCUT2D eigenvalue weighted by molar-refractivity contribution is 0.0914. The second-order valence-corrected chi connectivity index (χ2v) is 4.85. The maximum atomic E-state index is 12.1. The van der Waals surface area contributed by atoms with Crippen LogP contribution in [-0.4, -0.2) is 34.8 Å². The molecular formula is C12H20N4O. The summed E-state index contributed by atoms with van der Waals surface area (Å²) in [6, 6.07) is 0.218. The summed E-state index contributed by atoms with van der Waals surface area (Å²) >= 11 is 0. The van der Waals surface area contributed by atoms with Crippen LogP contribution in [0.15, 0.2) is 6.20 Å². The monoisotopic (exact) mass is 236 g/mol. The number of rotatable bonds is 2. The number of aryl methyl sites for hydroxylation is 2. The number of hydrogen-bond acceptors (Lipinski definition) is 3. The summed E-state index contributed by atoms with van der Waals surface area (Å²) in [6.45, 7) is 5.94. The van der Waals surface area contributed by atoms with Crippen molar-refractivity contribution in [1.82, 2.24) is 20.4 Å². The highest BCUT2D eigenvalue weighted by Gasteiger charge is 2.24. The molecule has 1 amide bonds. The maximum absolute atomic E-state index is 12.1. The zero-order valence-corrected chi connectivity index (χ0v) is 10.7. The number of nitrogens with one attached hydrogen (secondary N) is 2. The van der Waals surface area contributed by atoms with E-state index in [0.717, 1.165) is 25.2 Å². The molecule has 5 heteroatoms. The summed E-state index contributed by atoms with van der Waals surface area (Å²) < 4.78 is 1.67. The smallest absolute Gasteiger partial charge is 0.255 e. The van der Waals surface area contributed by atoms with Gasteiger partial charge in [0.2, 0.25) is 0 Å². The number of carbonyl (C=O) groups is 1. The molecule has 0 radical (unpaired) electrons. The predicted octanol–water partition coefficient (Wildman–Crippen LogP) is 0.456. The Labute approximate surface area is 102 Å². The molecule has 0 spiro atoms. The molecule has 2 atom stereocenters. The van der Waals surface area contributed by atoms with E-state index in [1.165, 1.54) is 0 Å². The van der Waals surface area contributed by atoms with Gasteiger partial charge < -0.3 is 10.6 Å². The van der Waals surface area contributed by atoms with Crippen LogP contribution in [0.2, 0.25) is 0 Å². The molecule has 17 heavy (non-hydrogen) atoms. The van der Waals surface area contributed by atoms with E-state index in [-0.39, 0.29) is 11.9 Å². The van der Waals surface area contributed by atoms with Crippen LogP contribution >= 0.6 is 0 Å². The molecule has 2 heterocycles. The Kier molecular flexibility index (Phi) is 3.47. The van der Waals surface area contributed by atoms with Gasteiger partial charge >= 0.3 is 0 Å². The van der Waals surface area contributed by atoms with Crippen LogP contribution in [0.3, 0.4) is 0 Å². The minimum absolute atomic E-state index is 0.0175. The zero-order valence-electron chi connectivity index (χ0n) is 10.7. The number of aromatic nitrogens is 2. The largest absolute Gasteiger partial charge is 0.348 e. The quantitative estimate of drug-likeness (QED) is 0.784. The van der Waals surface area contributed by atoms with E-state index < -0.39 is 0 Å². The molecule has 1 saturated heterocycles. The second kappa shape index (κ2) is 4.87. The van der Waals surface area contributed by atoms with Gasteiger partial charge in [0.15, 0.2) is 0 Å². The van der Waals surface area contributed by atoms with Gasteiger partial charge in [-0.15, -0.1) is 0 Å². The number of amides is 1. The van der Waals surface area contributed by atoms with Crippen LogP contribution in [-0.2, 0) is 7.05 Å². The molecule has 1 fully saturated rings. The van der Waals surface area contributed by atoms with E-state index in [9.17, 15) is 4.79 Å². The first-order valence-electron chi connectivity index (χ1n) is 6.09. The first-order chi connectivity index (χ1) is 8.08. The Morgan fingerprint density at radius 2 is 2.41 bits per heavy atom. The van der Waals surface area contributed by atoms with Crippen LogP contribution in [0.5, 0.6) is 0 Å². The summed E-state index contributed by atoms with van der Waals surface area (Å²) in [5, 5.41) is 10.6. The average Bonchev–Trinajstić information content (AvgIpc) is 2.61. The lowest BCUT2D eigenvalue weighted by Gasteiger charge is -2.30. The van der Waals surface area contributed by atoms with E-state index in [2.05, 4.69) is 22.7 Å². The minimum atomic E-state index is -0.0175. The topological polar surface area (TPSA) is 59.0 Å². The fourth-order valence-electron chi connectivity index (χ4n) is 2.25. The molecule has 2 N–H and O–H groups in total. The number of nitrogens with zero attached hydrogens (tertiary/aromatic N) is 2. The molecule has 0 aromatic carbocycles. The van der Waals surface area contributed by atoms with E-state index in [4.69, 9.17) is 0 Å². The minimum Gasteiger partial charge on any atom is -0.348 e. The molecule has 2 unspecified atom stereocenters. The Morgan fingerprint density at radius 1 is 1.65 bits per heavy atom. The predicted molar refractivity (Wildman–Crippen MR) is 65.8 cm³/mol. The fourth-order valence-corrected chi connectivity index (χ4v) is 2.25. The third-order valence-electron chi connectivity index (χ3n) is 3.40. The zero-order chi connectivity index (χ0) is 12.4. The van der Waals surface area contributed by atoms with Gasteiger partial charge in [0.1, 0.15) is 0 Å². The fraction of sp³-hybridized carbons (Fsp3) is 0.667. The molecular weight excluding hydrogens is 216 g/mol. The van der Waals surface area contributed by atoms with Gasteiger partial charge in [0.05, 0.1) is 11.3 Å². The number of piperidine rings is 1. The summed E-state index contributed by atoms with van der Waals surface area (Å²) in [5.74, 6) is 0.508. The SMILES string of the molecule is Cc1nn(C)cc1C(=O)NC1CNCCC1C. The molecule has 0 bridgehead atoms. The van der Waals surface area contributed by atoms with Crippen molar-refractivity contribution in [3.63, 3.8) is 0 Å². The highest BCUT2D eigenvalue weighted by molar-refractivity contribution is 5.95. The summed E-state index contributed by atoms with van der Waals surface area (Å²) in [5.41, 5.74) is 1.45. The molecule has 5 nitrogen and oxygen atoms in total. The first-order valence-corrected chi connectivity index (χ1v) is 6.09. The van der Waals surface area contributed by atoms with Crippen molar-refractivity contribution in [2.75, 3.05) is 13.1 Å². The van der Waals surface area contributed by atoms with Gasteiger partial charge in [-0.25, -0.2) is 0 Å². The van der Waals surface area contributed by atoms with Crippen molar-refractivity contribution in [3.05, 3.63) is 17.5 Å². The van der Waals surface area contributed by atoms with Crippen LogP contribution in [0.1, 0.15) is 29.4 Å². The maximum Gasteiger partial charge on any atom is 0.255 e. The van der Waals surface area contributed by atoms with Crippen LogP contribution < -0.4 is 10.6 Å². The van der Waals surface area contributed by atoms with Crippen molar-refractivity contribution in [1.29, 1.82) is 0 Å². The van der Waals surface area contributed by atoms with Gasteiger partial charge in [0, 0.05) is 25.8 Å².